The van der Waals surface area contributed by atoms with Crippen molar-refractivity contribution in [3.05, 3.63) is 0 Å². The van der Waals surface area contributed by atoms with E-state index in [1.54, 1.807) is 0 Å². The Morgan fingerprint density at radius 3 is 2.26 bits per heavy atom. The molecule has 1 fully saturated rings. The first-order chi connectivity index (χ1) is 9.08. The Kier molecular flexibility index (Phi) is 8.01. The molecule has 0 saturated heterocycles. The van der Waals surface area contributed by atoms with Crippen LogP contribution in [0.2, 0.25) is 0 Å². The molecule has 2 nitrogen and oxygen atoms in total. The summed E-state index contributed by atoms with van der Waals surface area (Å²) in [7, 11) is 2.34. The normalized spacial score (nSPS) is 27.5. The Morgan fingerprint density at radius 1 is 1.11 bits per heavy atom. The van der Waals surface area contributed by atoms with Crippen molar-refractivity contribution in [2.75, 3.05) is 13.6 Å². The van der Waals surface area contributed by atoms with E-state index in [2.05, 4.69) is 45.0 Å². The summed E-state index contributed by atoms with van der Waals surface area (Å²) < 4.78 is 0. The maximum atomic E-state index is 3.61. The third-order valence-corrected chi connectivity index (χ3v) is 5.10. The van der Waals surface area contributed by atoms with Gasteiger partial charge in [0.05, 0.1) is 0 Å². The van der Waals surface area contributed by atoms with Crippen LogP contribution in [0.25, 0.3) is 0 Å². The van der Waals surface area contributed by atoms with Gasteiger partial charge in [0.1, 0.15) is 0 Å². The van der Waals surface area contributed by atoms with Gasteiger partial charge in [-0.1, -0.05) is 20.3 Å². The van der Waals surface area contributed by atoms with Crippen LogP contribution in [0.5, 0.6) is 0 Å². The second-order valence-electron chi connectivity index (χ2n) is 6.69. The van der Waals surface area contributed by atoms with Gasteiger partial charge in [-0.2, -0.15) is 0 Å². The van der Waals surface area contributed by atoms with Crippen LogP contribution in [0.4, 0.5) is 0 Å². The predicted octanol–water partition coefficient (Wildman–Crippen LogP) is 4.05. The van der Waals surface area contributed by atoms with Gasteiger partial charge in [-0.05, 0) is 71.9 Å². The van der Waals surface area contributed by atoms with Gasteiger partial charge in [-0.3, -0.25) is 0 Å². The first-order valence-electron chi connectivity index (χ1n) is 8.53. The smallest absolute Gasteiger partial charge is 0.00952 e. The first kappa shape index (κ1) is 17.0. The van der Waals surface area contributed by atoms with Crippen LogP contribution < -0.4 is 5.32 Å². The summed E-state index contributed by atoms with van der Waals surface area (Å²) in [5.41, 5.74) is 0. The maximum Gasteiger partial charge on any atom is 0.00952 e. The molecule has 1 saturated carbocycles. The Hall–Kier alpha value is -0.0800. The van der Waals surface area contributed by atoms with E-state index in [0.29, 0.717) is 12.1 Å². The van der Waals surface area contributed by atoms with Gasteiger partial charge in [-0.25, -0.2) is 0 Å². The molecule has 1 aliphatic rings. The summed E-state index contributed by atoms with van der Waals surface area (Å²) in [4.78, 5) is 2.65. The topological polar surface area (TPSA) is 15.3 Å². The molecule has 0 bridgehead atoms. The van der Waals surface area contributed by atoms with E-state index in [0.717, 1.165) is 18.5 Å². The molecule has 0 amide bonds. The van der Waals surface area contributed by atoms with Crippen molar-refractivity contribution < 1.29 is 0 Å². The lowest BCUT2D eigenvalue weighted by atomic mass is 9.83. The third kappa shape index (κ3) is 5.83. The molecule has 2 unspecified atom stereocenters. The van der Waals surface area contributed by atoms with Crippen LogP contribution in [0.1, 0.15) is 72.6 Å². The summed E-state index contributed by atoms with van der Waals surface area (Å²) in [6.07, 6.45) is 9.60. The van der Waals surface area contributed by atoms with Gasteiger partial charge in [-0.15, -0.1) is 0 Å². The highest BCUT2D eigenvalue weighted by molar-refractivity contribution is 4.81. The van der Waals surface area contributed by atoms with E-state index in [9.17, 15) is 0 Å². The van der Waals surface area contributed by atoms with Crippen molar-refractivity contribution in [1.29, 1.82) is 0 Å². The minimum absolute atomic E-state index is 0.643. The summed E-state index contributed by atoms with van der Waals surface area (Å²) in [6.45, 7) is 10.5. The summed E-state index contributed by atoms with van der Waals surface area (Å²) in [6, 6.07) is 2.17. The molecule has 0 aromatic heterocycles. The molecule has 1 N–H and O–H groups in total. The number of hydrogen-bond acceptors (Lipinski definition) is 2. The second-order valence-corrected chi connectivity index (χ2v) is 6.69. The number of hydrogen-bond donors (Lipinski definition) is 1. The molecule has 1 rings (SSSR count). The van der Waals surface area contributed by atoms with Gasteiger partial charge < -0.3 is 10.2 Å². The van der Waals surface area contributed by atoms with E-state index in [1.165, 1.54) is 44.9 Å². The van der Waals surface area contributed by atoms with Crippen molar-refractivity contribution in [2.45, 2.75) is 90.8 Å². The first-order valence-corrected chi connectivity index (χ1v) is 8.53. The Morgan fingerprint density at radius 2 is 1.74 bits per heavy atom. The lowest BCUT2D eigenvalue weighted by Gasteiger charge is -2.38. The summed E-state index contributed by atoms with van der Waals surface area (Å²) in [5, 5.41) is 3.61. The molecular weight excluding hydrogens is 232 g/mol. The van der Waals surface area contributed by atoms with Crippen molar-refractivity contribution in [1.82, 2.24) is 10.2 Å². The minimum Gasteiger partial charge on any atom is -0.314 e. The van der Waals surface area contributed by atoms with Crippen molar-refractivity contribution in [3.8, 4) is 0 Å². The highest BCUT2D eigenvalue weighted by atomic mass is 15.2. The second kappa shape index (κ2) is 8.97. The Labute approximate surface area is 121 Å². The van der Waals surface area contributed by atoms with Crippen LogP contribution in [0.3, 0.4) is 0 Å². The highest BCUT2D eigenvalue weighted by Gasteiger charge is 2.26. The Bertz CT molecular complexity index is 221. The lowest BCUT2D eigenvalue weighted by Crippen LogP contribution is -2.43. The molecule has 19 heavy (non-hydrogen) atoms. The predicted molar refractivity (Wildman–Crippen MR) is 85.6 cm³/mol. The number of rotatable bonds is 8. The molecular formula is C17H36N2. The standard InChI is InChI=1S/C17H36N2/c1-6-12-18-14(3)13-15(4)19(5)17-10-8-16(7-2)9-11-17/h14-18H,6-13H2,1-5H3. The molecule has 2 heteroatoms. The van der Waals surface area contributed by atoms with Crippen LogP contribution in [0, 0.1) is 5.92 Å². The van der Waals surface area contributed by atoms with Gasteiger partial charge in [0.2, 0.25) is 0 Å². The summed E-state index contributed by atoms with van der Waals surface area (Å²) in [5.74, 6) is 1.00. The molecule has 114 valence electrons. The van der Waals surface area contributed by atoms with Crippen LogP contribution >= 0.6 is 0 Å². The molecule has 0 aromatic carbocycles. The maximum absolute atomic E-state index is 3.61. The van der Waals surface area contributed by atoms with E-state index in [4.69, 9.17) is 0 Å². The molecule has 0 aromatic rings. The summed E-state index contributed by atoms with van der Waals surface area (Å²) >= 11 is 0. The van der Waals surface area contributed by atoms with E-state index in [-0.39, 0.29) is 0 Å². The van der Waals surface area contributed by atoms with E-state index >= 15 is 0 Å². The van der Waals surface area contributed by atoms with Gasteiger partial charge in [0.25, 0.3) is 0 Å². The number of nitrogens with one attached hydrogen (secondary N) is 1. The molecule has 0 heterocycles. The van der Waals surface area contributed by atoms with Crippen molar-refractivity contribution >= 4 is 0 Å². The zero-order valence-corrected chi connectivity index (χ0v) is 13.9. The molecule has 1 aliphatic carbocycles. The molecule has 0 radical (unpaired) electrons. The fraction of sp³-hybridized carbons (Fsp3) is 1.00. The average Bonchev–Trinajstić information content (AvgIpc) is 2.44. The monoisotopic (exact) mass is 268 g/mol. The number of nitrogens with zero attached hydrogens (tertiary/aromatic N) is 1. The Balaban J connectivity index is 2.29. The van der Waals surface area contributed by atoms with E-state index < -0.39 is 0 Å². The van der Waals surface area contributed by atoms with Gasteiger partial charge in [0, 0.05) is 18.1 Å². The van der Waals surface area contributed by atoms with Gasteiger partial charge >= 0.3 is 0 Å². The van der Waals surface area contributed by atoms with Crippen LogP contribution in [-0.2, 0) is 0 Å². The van der Waals surface area contributed by atoms with E-state index in [1.807, 2.05) is 0 Å². The van der Waals surface area contributed by atoms with Crippen LogP contribution in [-0.4, -0.2) is 36.6 Å². The fourth-order valence-electron chi connectivity index (χ4n) is 3.47. The zero-order valence-electron chi connectivity index (χ0n) is 13.9. The lowest BCUT2D eigenvalue weighted by molar-refractivity contribution is 0.117. The molecule has 2 atom stereocenters. The van der Waals surface area contributed by atoms with Gasteiger partial charge in [0.15, 0.2) is 0 Å². The largest absolute Gasteiger partial charge is 0.314 e. The zero-order chi connectivity index (χ0) is 14.3. The van der Waals surface area contributed by atoms with Crippen molar-refractivity contribution in [2.24, 2.45) is 5.92 Å². The van der Waals surface area contributed by atoms with Crippen molar-refractivity contribution in [3.63, 3.8) is 0 Å². The quantitative estimate of drug-likeness (QED) is 0.714. The molecule has 0 spiro atoms. The molecule has 0 aliphatic heterocycles. The highest BCUT2D eigenvalue weighted by Crippen LogP contribution is 2.30. The third-order valence-electron chi connectivity index (χ3n) is 5.10. The minimum atomic E-state index is 0.643. The van der Waals surface area contributed by atoms with Crippen LogP contribution in [0.15, 0.2) is 0 Å². The SMILES string of the molecule is CCCNC(C)CC(C)N(C)C1CCC(CC)CC1. The average molecular weight is 268 g/mol. The fourth-order valence-corrected chi connectivity index (χ4v) is 3.47.